The summed E-state index contributed by atoms with van der Waals surface area (Å²) in [5, 5.41) is 6.38. The Hall–Kier alpha value is -3.76. The summed E-state index contributed by atoms with van der Waals surface area (Å²) in [6.45, 7) is 8.27. The first-order valence-electron chi connectivity index (χ1n) is 11.8. The van der Waals surface area contributed by atoms with Crippen LogP contribution >= 0.6 is 11.6 Å². The number of carbonyl (C=O) groups excluding carboxylic acids is 2. The molecule has 0 saturated heterocycles. The lowest BCUT2D eigenvalue weighted by molar-refractivity contribution is -0.105. The van der Waals surface area contributed by atoms with E-state index in [0.717, 1.165) is 25.8 Å². The smallest absolute Gasteiger partial charge is 0.211 e. The molecule has 0 aliphatic rings. The zero-order valence-corrected chi connectivity index (χ0v) is 22.8. The Morgan fingerprint density at radius 2 is 2.00 bits per heavy atom. The van der Waals surface area contributed by atoms with E-state index in [1.165, 1.54) is 13.4 Å². The van der Waals surface area contributed by atoms with Gasteiger partial charge < -0.3 is 29.8 Å². The number of aryl methyl sites for hydroxylation is 1. The topological polar surface area (TPSA) is 106 Å². The highest BCUT2D eigenvalue weighted by Gasteiger charge is 2.25. The fourth-order valence-electron chi connectivity index (χ4n) is 3.93. The van der Waals surface area contributed by atoms with Gasteiger partial charge in [0.1, 0.15) is 30.7 Å². The molecule has 204 valence electrons. The van der Waals surface area contributed by atoms with Crippen LogP contribution in [0.5, 0.6) is 11.5 Å². The van der Waals surface area contributed by atoms with Gasteiger partial charge in [-0.3, -0.25) is 4.79 Å². The molecule has 1 atom stereocenters. The summed E-state index contributed by atoms with van der Waals surface area (Å²) in [6, 6.07) is 5.07. The number of hydrogen-bond donors (Lipinski definition) is 2. The summed E-state index contributed by atoms with van der Waals surface area (Å²) < 4.78 is 27.1. The van der Waals surface area contributed by atoms with Crippen LogP contribution in [0.3, 0.4) is 0 Å². The van der Waals surface area contributed by atoms with Crippen LogP contribution in [0.2, 0.25) is 5.02 Å². The molecule has 1 amide bonds. The molecule has 9 nitrogen and oxygen atoms in total. The molecule has 3 rings (SSSR count). The van der Waals surface area contributed by atoms with Gasteiger partial charge in [-0.1, -0.05) is 23.7 Å². The van der Waals surface area contributed by atoms with Gasteiger partial charge in [0.2, 0.25) is 6.41 Å². The van der Waals surface area contributed by atoms with E-state index in [2.05, 4.69) is 27.2 Å². The van der Waals surface area contributed by atoms with Crippen molar-refractivity contribution in [1.29, 1.82) is 0 Å². The maximum atomic E-state index is 15.1. The first kappa shape index (κ1) is 30.5. The molecular formula is C27H33ClFN5O4. The predicted octanol–water partition coefficient (Wildman–Crippen LogP) is 5.21. The van der Waals surface area contributed by atoms with Crippen molar-refractivity contribution in [2.45, 2.75) is 32.3 Å². The number of nitrogens with one attached hydrogen (secondary N) is 2. The highest BCUT2D eigenvalue weighted by atomic mass is 35.5. The van der Waals surface area contributed by atoms with Gasteiger partial charge >= 0.3 is 0 Å². The van der Waals surface area contributed by atoms with Crippen molar-refractivity contribution >= 4 is 52.9 Å². The van der Waals surface area contributed by atoms with E-state index in [4.69, 9.17) is 25.9 Å². The fourth-order valence-corrected chi connectivity index (χ4v) is 4.09. The van der Waals surface area contributed by atoms with E-state index in [1.54, 1.807) is 37.1 Å². The van der Waals surface area contributed by atoms with Crippen molar-refractivity contribution in [2.24, 2.45) is 0 Å². The fraction of sp³-hybridized carbons (Fsp3) is 0.333. The number of ether oxygens (including phenoxy) is 2. The number of benzene rings is 2. The van der Waals surface area contributed by atoms with Gasteiger partial charge in [-0.25, -0.2) is 14.4 Å². The molecule has 2 N–H and O–H groups in total. The Bertz CT molecular complexity index is 1260. The molecule has 11 heteroatoms. The third kappa shape index (κ3) is 6.76. The van der Waals surface area contributed by atoms with Crippen LogP contribution < -0.4 is 25.0 Å². The summed E-state index contributed by atoms with van der Waals surface area (Å²) in [7, 11) is 5.06. The van der Waals surface area contributed by atoms with Gasteiger partial charge in [-0.05, 0) is 51.4 Å². The number of aromatic nitrogens is 2. The van der Waals surface area contributed by atoms with Crippen molar-refractivity contribution in [2.75, 3.05) is 38.0 Å². The second kappa shape index (κ2) is 14.8. The molecule has 1 heterocycles. The van der Waals surface area contributed by atoms with E-state index in [1.807, 2.05) is 19.9 Å². The number of anilines is 3. The Kier molecular flexibility index (Phi) is 11.9. The molecule has 2 aromatic carbocycles. The second-order valence-electron chi connectivity index (χ2n) is 8.22. The number of carbonyl (C=O) groups is 2. The predicted molar refractivity (Wildman–Crippen MR) is 149 cm³/mol. The number of fused-ring (bicyclic) bond motifs is 1. The SMILES string of the molecule is C=CCCC(CCNC)Oc1c(OC)cc2ncnc(N(C)c3ccc(C)c(Cl)c3F)c2c1NC=O.C=O. The molecule has 3 aromatic rings. The Balaban J connectivity index is 0.00000247. The molecule has 0 aliphatic carbocycles. The molecule has 1 aromatic heterocycles. The van der Waals surface area contributed by atoms with E-state index in [9.17, 15) is 4.79 Å². The van der Waals surface area contributed by atoms with Crippen LogP contribution in [0.15, 0.2) is 37.2 Å². The lowest BCUT2D eigenvalue weighted by Crippen LogP contribution is -2.23. The van der Waals surface area contributed by atoms with E-state index in [0.29, 0.717) is 45.9 Å². The van der Waals surface area contributed by atoms with Crippen molar-refractivity contribution in [3.05, 3.63) is 53.6 Å². The Morgan fingerprint density at radius 1 is 1.26 bits per heavy atom. The molecular weight excluding hydrogens is 513 g/mol. The van der Waals surface area contributed by atoms with E-state index in [-0.39, 0.29) is 16.8 Å². The van der Waals surface area contributed by atoms with Gasteiger partial charge in [0.25, 0.3) is 0 Å². The Morgan fingerprint density at radius 3 is 2.63 bits per heavy atom. The monoisotopic (exact) mass is 545 g/mol. The molecule has 0 aliphatic heterocycles. The number of allylic oxidation sites excluding steroid dienone is 1. The minimum atomic E-state index is -0.572. The molecule has 0 radical (unpaired) electrons. The number of amides is 1. The normalized spacial score (nSPS) is 11.2. The van der Waals surface area contributed by atoms with Gasteiger partial charge in [-0.2, -0.15) is 0 Å². The van der Waals surface area contributed by atoms with Gasteiger partial charge in [0, 0.05) is 13.1 Å². The maximum Gasteiger partial charge on any atom is 0.211 e. The number of nitrogens with zero attached hydrogens (tertiary/aromatic N) is 3. The molecule has 0 spiro atoms. The number of rotatable bonds is 13. The third-order valence-corrected chi connectivity index (χ3v) is 6.34. The molecule has 0 saturated carbocycles. The Labute approximate surface area is 227 Å². The zero-order chi connectivity index (χ0) is 28.2. The van der Waals surface area contributed by atoms with Crippen LogP contribution in [-0.2, 0) is 9.59 Å². The average Bonchev–Trinajstić information content (AvgIpc) is 2.94. The highest BCUT2D eigenvalue weighted by Crippen LogP contribution is 2.46. The minimum Gasteiger partial charge on any atom is -0.493 e. The first-order valence-corrected chi connectivity index (χ1v) is 12.2. The van der Waals surface area contributed by atoms with Crippen molar-refractivity contribution < 1.29 is 23.5 Å². The first-order chi connectivity index (χ1) is 18.4. The zero-order valence-electron chi connectivity index (χ0n) is 22.0. The standard InChI is InChI=1S/C26H31ClFN5O3.CH2O/c1-6-7-8-17(11-12-29-3)36-25-20(35-5)13-18-21(24(25)32-15-34)26(31-14-30-18)33(4)19-10-9-16(2)22(27)23(19)28;1-2/h6,9-10,13-15,17,29H,1,7-8,11-12H2,2-5H3,(H,32,34);1H2. The summed E-state index contributed by atoms with van der Waals surface area (Å²) >= 11 is 6.18. The number of hydrogen-bond acceptors (Lipinski definition) is 8. The van der Waals surface area contributed by atoms with Crippen molar-refractivity contribution in [3.8, 4) is 11.5 Å². The maximum absolute atomic E-state index is 15.1. The van der Waals surface area contributed by atoms with Crippen LogP contribution in [0.1, 0.15) is 24.8 Å². The summed E-state index contributed by atoms with van der Waals surface area (Å²) in [5.74, 6) is 0.525. The average molecular weight is 546 g/mol. The lowest BCUT2D eigenvalue weighted by atomic mass is 10.1. The second-order valence-corrected chi connectivity index (χ2v) is 8.60. The number of methoxy groups -OCH3 is 1. The number of halogens is 2. The van der Waals surface area contributed by atoms with Crippen molar-refractivity contribution in [1.82, 2.24) is 15.3 Å². The van der Waals surface area contributed by atoms with Gasteiger partial charge in [-0.15, -0.1) is 6.58 Å². The van der Waals surface area contributed by atoms with Crippen molar-refractivity contribution in [3.63, 3.8) is 0 Å². The van der Waals surface area contributed by atoms with Gasteiger partial charge in [0.15, 0.2) is 17.3 Å². The molecule has 0 fully saturated rings. The largest absolute Gasteiger partial charge is 0.493 e. The molecule has 1 unspecified atom stereocenters. The summed E-state index contributed by atoms with van der Waals surface area (Å²) in [5.41, 5.74) is 1.65. The van der Waals surface area contributed by atoms with E-state index < -0.39 is 5.82 Å². The summed E-state index contributed by atoms with van der Waals surface area (Å²) in [6.07, 6.45) is 5.76. The minimum absolute atomic E-state index is 0.0317. The van der Waals surface area contributed by atoms with Crippen LogP contribution in [0.4, 0.5) is 21.6 Å². The lowest BCUT2D eigenvalue weighted by Gasteiger charge is -2.25. The third-order valence-electron chi connectivity index (χ3n) is 5.88. The van der Waals surface area contributed by atoms with Crippen LogP contribution in [0, 0.1) is 12.7 Å². The molecule has 38 heavy (non-hydrogen) atoms. The quantitative estimate of drug-likeness (QED) is 0.223. The van der Waals surface area contributed by atoms with Crippen LogP contribution in [-0.4, -0.2) is 57.0 Å². The van der Waals surface area contributed by atoms with Gasteiger partial charge in [0.05, 0.1) is 28.7 Å². The van der Waals surface area contributed by atoms with Crippen LogP contribution in [0.25, 0.3) is 10.9 Å². The summed E-state index contributed by atoms with van der Waals surface area (Å²) in [4.78, 5) is 30.1. The van der Waals surface area contributed by atoms with E-state index >= 15 is 4.39 Å². The molecule has 0 bridgehead atoms. The highest BCUT2D eigenvalue weighted by molar-refractivity contribution is 6.31.